The molecule has 1 rings (SSSR count). The predicted molar refractivity (Wildman–Crippen MR) is 81.5 cm³/mol. The van der Waals surface area contributed by atoms with Gasteiger partial charge in [0.15, 0.2) is 0 Å². The van der Waals surface area contributed by atoms with Crippen molar-refractivity contribution in [3.63, 3.8) is 0 Å². The lowest BCUT2D eigenvalue weighted by Crippen LogP contribution is -2.36. The third-order valence-electron chi connectivity index (χ3n) is 2.61. The zero-order valence-corrected chi connectivity index (χ0v) is 12.9. The molecule has 19 heavy (non-hydrogen) atoms. The number of benzene rings is 1. The molecule has 0 aromatic heterocycles. The van der Waals surface area contributed by atoms with Crippen molar-refractivity contribution in [3.05, 3.63) is 34.9 Å². The molecule has 1 aromatic carbocycles. The van der Waals surface area contributed by atoms with Gasteiger partial charge in [0.05, 0.1) is 5.75 Å². The van der Waals surface area contributed by atoms with Gasteiger partial charge in [0.2, 0.25) is 5.91 Å². The molecule has 0 heterocycles. The van der Waals surface area contributed by atoms with Crippen molar-refractivity contribution < 1.29 is 9.90 Å². The van der Waals surface area contributed by atoms with Crippen LogP contribution in [0.4, 0.5) is 0 Å². The SMILES string of the molecule is CC(C)(CO)CNC(=O)CSCc1ccc(Cl)cc1. The van der Waals surface area contributed by atoms with Gasteiger partial charge in [-0.3, -0.25) is 4.79 Å². The first-order valence-corrected chi connectivity index (χ1v) is 7.66. The number of thioether (sulfide) groups is 1. The molecule has 0 aliphatic heterocycles. The highest BCUT2D eigenvalue weighted by Crippen LogP contribution is 2.15. The third-order valence-corrected chi connectivity index (χ3v) is 3.86. The lowest BCUT2D eigenvalue weighted by atomic mass is 9.95. The van der Waals surface area contributed by atoms with E-state index in [2.05, 4.69) is 5.32 Å². The molecule has 1 aromatic rings. The molecule has 0 spiro atoms. The van der Waals surface area contributed by atoms with E-state index in [1.165, 1.54) is 0 Å². The van der Waals surface area contributed by atoms with Gasteiger partial charge in [0, 0.05) is 29.3 Å². The summed E-state index contributed by atoms with van der Waals surface area (Å²) >= 11 is 7.36. The van der Waals surface area contributed by atoms with Crippen LogP contribution in [0.15, 0.2) is 24.3 Å². The summed E-state index contributed by atoms with van der Waals surface area (Å²) in [5.74, 6) is 1.21. The Kier molecular flexibility index (Phi) is 6.69. The second kappa shape index (κ2) is 7.78. The van der Waals surface area contributed by atoms with Crippen molar-refractivity contribution >= 4 is 29.3 Å². The number of rotatable bonds is 7. The van der Waals surface area contributed by atoms with Crippen LogP contribution in [0.2, 0.25) is 5.02 Å². The minimum Gasteiger partial charge on any atom is -0.396 e. The molecule has 0 atom stereocenters. The monoisotopic (exact) mass is 301 g/mol. The van der Waals surface area contributed by atoms with Gasteiger partial charge >= 0.3 is 0 Å². The van der Waals surface area contributed by atoms with Crippen LogP contribution in [-0.4, -0.2) is 29.9 Å². The molecule has 0 aliphatic carbocycles. The van der Waals surface area contributed by atoms with Gasteiger partial charge in [-0.05, 0) is 17.7 Å². The summed E-state index contributed by atoms with van der Waals surface area (Å²) in [6, 6.07) is 7.62. The van der Waals surface area contributed by atoms with Crippen molar-refractivity contribution in [2.45, 2.75) is 19.6 Å². The van der Waals surface area contributed by atoms with Crippen LogP contribution in [-0.2, 0) is 10.5 Å². The Bertz CT molecular complexity index is 406. The summed E-state index contributed by atoms with van der Waals surface area (Å²) < 4.78 is 0. The van der Waals surface area contributed by atoms with Gasteiger partial charge < -0.3 is 10.4 Å². The van der Waals surface area contributed by atoms with Crippen molar-refractivity contribution in [3.8, 4) is 0 Å². The standard InChI is InChI=1S/C14H20ClNO2S/c1-14(2,10-17)9-16-13(18)8-19-7-11-3-5-12(15)6-4-11/h3-6,17H,7-10H2,1-2H3,(H,16,18). The molecule has 2 N–H and O–H groups in total. The molecular weight excluding hydrogens is 282 g/mol. The Morgan fingerprint density at radius 2 is 2.00 bits per heavy atom. The Morgan fingerprint density at radius 1 is 1.37 bits per heavy atom. The van der Waals surface area contributed by atoms with Crippen molar-refractivity contribution in [1.29, 1.82) is 0 Å². The van der Waals surface area contributed by atoms with E-state index in [1.54, 1.807) is 11.8 Å². The van der Waals surface area contributed by atoms with E-state index < -0.39 is 0 Å². The molecule has 0 unspecified atom stereocenters. The molecule has 0 saturated heterocycles. The highest BCUT2D eigenvalue weighted by Gasteiger charge is 2.17. The molecule has 0 fully saturated rings. The van der Waals surface area contributed by atoms with E-state index in [1.807, 2.05) is 38.1 Å². The van der Waals surface area contributed by atoms with Crippen LogP contribution in [0.25, 0.3) is 0 Å². The number of carbonyl (C=O) groups excluding carboxylic acids is 1. The van der Waals surface area contributed by atoms with Crippen LogP contribution in [0.1, 0.15) is 19.4 Å². The second-order valence-corrected chi connectivity index (χ2v) is 6.64. The number of hydrogen-bond donors (Lipinski definition) is 2. The highest BCUT2D eigenvalue weighted by molar-refractivity contribution is 7.99. The van der Waals surface area contributed by atoms with Crippen LogP contribution in [0.3, 0.4) is 0 Å². The summed E-state index contributed by atoms with van der Waals surface area (Å²) in [5.41, 5.74) is 0.883. The molecule has 0 bridgehead atoms. The topological polar surface area (TPSA) is 49.3 Å². The van der Waals surface area contributed by atoms with E-state index in [0.29, 0.717) is 12.3 Å². The molecule has 106 valence electrons. The number of carbonyl (C=O) groups is 1. The first kappa shape index (κ1) is 16.3. The third kappa shape index (κ3) is 6.85. The number of amides is 1. The Balaban J connectivity index is 2.22. The summed E-state index contributed by atoms with van der Waals surface area (Å²) in [6.07, 6.45) is 0. The molecule has 1 amide bonds. The van der Waals surface area contributed by atoms with Crippen LogP contribution in [0.5, 0.6) is 0 Å². The second-order valence-electron chi connectivity index (χ2n) is 5.22. The summed E-state index contributed by atoms with van der Waals surface area (Å²) in [4.78, 5) is 11.6. The average Bonchev–Trinajstić information content (AvgIpc) is 2.39. The first-order chi connectivity index (χ1) is 8.93. The summed E-state index contributed by atoms with van der Waals surface area (Å²) in [7, 11) is 0. The fraction of sp³-hybridized carbons (Fsp3) is 0.500. The molecule has 0 aliphatic rings. The number of hydrogen-bond acceptors (Lipinski definition) is 3. The predicted octanol–water partition coefficient (Wildman–Crippen LogP) is 2.71. The molecule has 0 saturated carbocycles. The van der Waals surface area contributed by atoms with E-state index in [4.69, 9.17) is 16.7 Å². The lowest BCUT2D eigenvalue weighted by molar-refractivity contribution is -0.119. The summed E-state index contributed by atoms with van der Waals surface area (Å²) in [6.45, 7) is 4.37. The van der Waals surface area contributed by atoms with E-state index >= 15 is 0 Å². The van der Waals surface area contributed by atoms with Gasteiger partial charge in [-0.1, -0.05) is 37.6 Å². The Morgan fingerprint density at radius 3 is 2.58 bits per heavy atom. The fourth-order valence-corrected chi connectivity index (χ4v) is 2.23. The van der Waals surface area contributed by atoms with Gasteiger partial charge in [-0.2, -0.15) is 0 Å². The number of aliphatic hydroxyl groups excluding tert-OH is 1. The quantitative estimate of drug-likeness (QED) is 0.814. The molecule has 0 radical (unpaired) electrons. The Hall–Kier alpha value is -0.710. The maximum Gasteiger partial charge on any atom is 0.230 e. The zero-order valence-electron chi connectivity index (χ0n) is 11.3. The molecule has 5 heteroatoms. The summed E-state index contributed by atoms with van der Waals surface area (Å²) in [5, 5.41) is 12.6. The van der Waals surface area contributed by atoms with Crippen molar-refractivity contribution in [2.75, 3.05) is 18.9 Å². The average molecular weight is 302 g/mol. The van der Waals surface area contributed by atoms with Crippen molar-refractivity contribution in [1.82, 2.24) is 5.32 Å². The normalized spacial score (nSPS) is 11.4. The van der Waals surface area contributed by atoms with Gasteiger partial charge in [0.1, 0.15) is 0 Å². The smallest absolute Gasteiger partial charge is 0.230 e. The van der Waals surface area contributed by atoms with Gasteiger partial charge in [-0.15, -0.1) is 11.8 Å². The highest BCUT2D eigenvalue weighted by atomic mass is 35.5. The number of halogens is 1. The maximum absolute atomic E-state index is 11.6. The molecule has 3 nitrogen and oxygen atoms in total. The minimum atomic E-state index is -0.267. The molecular formula is C14H20ClNO2S. The lowest BCUT2D eigenvalue weighted by Gasteiger charge is -2.21. The largest absolute Gasteiger partial charge is 0.396 e. The van der Waals surface area contributed by atoms with Gasteiger partial charge in [-0.25, -0.2) is 0 Å². The fourth-order valence-electron chi connectivity index (χ4n) is 1.29. The number of nitrogens with one attached hydrogen (secondary N) is 1. The maximum atomic E-state index is 11.6. The first-order valence-electron chi connectivity index (χ1n) is 6.13. The van der Waals surface area contributed by atoms with Crippen molar-refractivity contribution in [2.24, 2.45) is 5.41 Å². The minimum absolute atomic E-state index is 0.000452. The van der Waals surface area contributed by atoms with Crippen LogP contribution < -0.4 is 5.32 Å². The van der Waals surface area contributed by atoms with E-state index in [0.717, 1.165) is 16.3 Å². The zero-order chi connectivity index (χ0) is 14.3. The van der Waals surface area contributed by atoms with Gasteiger partial charge in [0.25, 0.3) is 0 Å². The van der Waals surface area contributed by atoms with E-state index in [9.17, 15) is 4.79 Å². The van der Waals surface area contributed by atoms with E-state index in [-0.39, 0.29) is 17.9 Å². The Labute approximate surface area is 123 Å². The number of aliphatic hydroxyl groups is 1. The van der Waals surface area contributed by atoms with Crippen LogP contribution in [0, 0.1) is 5.41 Å². The van der Waals surface area contributed by atoms with Crippen LogP contribution >= 0.6 is 23.4 Å².